The van der Waals surface area contributed by atoms with E-state index in [-0.39, 0.29) is 16.7 Å². The second-order valence-electron chi connectivity index (χ2n) is 8.75. The molecule has 0 saturated heterocycles. The van der Waals surface area contributed by atoms with Gasteiger partial charge in [-0.2, -0.15) is 0 Å². The summed E-state index contributed by atoms with van der Waals surface area (Å²) in [4.78, 5) is 24.8. The summed E-state index contributed by atoms with van der Waals surface area (Å²) in [6, 6.07) is 20.1. The zero-order chi connectivity index (χ0) is 22.0. The lowest BCUT2D eigenvalue weighted by molar-refractivity contribution is 0.0685. The highest BCUT2D eigenvalue weighted by Gasteiger charge is 2.28. The van der Waals surface area contributed by atoms with Crippen molar-refractivity contribution in [2.45, 2.75) is 44.9 Å². The van der Waals surface area contributed by atoms with E-state index in [0.717, 1.165) is 24.8 Å². The van der Waals surface area contributed by atoms with Gasteiger partial charge in [0.2, 0.25) is 0 Å². The number of benzene rings is 3. The summed E-state index contributed by atoms with van der Waals surface area (Å²) in [5.74, 6) is -1.23. The molecule has 0 radical (unpaired) electrons. The fourth-order valence-electron chi connectivity index (χ4n) is 4.41. The van der Waals surface area contributed by atoms with E-state index in [1.807, 2.05) is 42.5 Å². The number of hydrogen-bond donors (Lipinski definition) is 1. The van der Waals surface area contributed by atoms with Crippen LogP contribution in [0.1, 0.15) is 69.7 Å². The molecule has 0 spiro atoms. The lowest BCUT2D eigenvalue weighted by Gasteiger charge is -2.32. The van der Waals surface area contributed by atoms with Crippen molar-refractivity contribution < 1.29 is 19.4 Å². The summed E-state index contributed by atoms with van der Waals surface area (Å²) in [7, 11) is 0. The van der Waals surface area contributed by atoms with Gasteiger partial charge < -0.3 is 9.84 Å². The van der Waals surface area contributed by atoms with Crippen LogP contribution in [0.4, 0.5) is 0 Å². The SMILES string of the molecule is CC1(C)CCCc2ccc(C(=O)Oc3cccc(C(=O)O)c3Cc3ccccc3)cc21. The van der Waals surface area contributed by atoms with E-state index in [2.05, 4.69) is 13.8 Å². The first-order chi connectivity index (χ1) is 14.8. The number of carboxylic acids is 1. The topological polar surface area (TPSA) is 63.6 Å². The third kappa shape index (κ3) is 4.38. The molecule has 31 heavy (non-hydrogen) atoms. The molecule has 0 aromatic heterocycles. The van der Waals surface area contributed by atoms with E-state index >= 15 is 0 Å². The highest BCUT2D eigenvalue weighted by Crippen LogP contribution is 2.37. The van der Waals surface area contributed by atoms with Crippen LogP contribution >= 0.6 is 0 Å². The Balaban J connectivity index is 1.67. The summed E-state index contributed by atoms with van der Waals surface area (Å²) in [5, 5.41) is 9.67. The van der Waals surface area contributed by atoms with Gasteiger partial charge in [-0.25, -0.2) is 9.59 Å². The van der Waals surface area contributed by atoms with E-state index in [1.165, 1.54) is 11.1 Å². The number of rotatable bonds is 5. The van der Waals surface area contributed by atoms with Gasteiger partial charge in [0.05, 0.1) is 11.1 Å². The third-order valence-electron chi connectivity index (χ3n) is 6.11. The van der Waals surface area contributed by atoms with Gasteiger partial charge in [0.25, 0.3) is 0 Å². The molecule has 1 N–H and O–H groups in total. The first-order valence-electron chi connectivity index (χ1n) is 10.6. The summed E-state index contributed by atoms with van der Waals surface area (Å²) < 4.78 is 5.75. The minimum absolute atomic E-state index is 0.0194. The summed E-state index contributed by atoms with van der Waals surface area (Å²) in [6.45, 7) is 4.41. The largest absolute Gasteiger partial charge is 0.478 e. The van der Waals surface area contributed by atoms with Gasteiger partial charge in [-0.3, -0.25) is 0 Å². The Morgan fingerprint density at radius 1 is 1.00 bits per heavy atom. The predicted octanol–water partition coefficient (Wildman–Crippen LogP) is 5.81. The van der Waals surface area contributed by atoms with E-state index in [4.69, 9.17) is 4.74 Å². The maximum atomic E-state index is 13.0. The standard InChI is InChI=1S/C27H26O4/c1-27(2)15-7-10-19-13-14-20(17-23(19)27)26(30)31-24-12-6-11-21(25(28)29)22(24)16-18-8-4-3-5-9-18/h3-6,8-9,11-14,17H,7,10,15-16H2,1-2H3,(H,28,29). The van der Waals surface area contributed by atoms with E-state index < -0.39 is 11.9 Å². The van der Waals surface area contributed by atoms with Crippen LogP contribution in [-0.2, 0) is 18.3 Å². The molecule has 0 heterocycles. The van der Waals surface area contributed by atoms with Gasteiger partial charge in [-0.1, -0.05) is 56.3 Å². The number of aryl methyl sites for hydroxylation is 1. The number of carboxylic acid groups (broad SMARTS) is 1. The van der Waals surface area contributed by atoms with Crippen molar-refractivity contribution in [1.29, 1.82) is 0 Å². The molecular formula is C27H26O4. The number of fused-ring (bicyclic) bond motifs is 1. The van der Waals surface area contributed by atoms with Crippen molar-refractivity contribution >= 4 is 11.9 Å². The molecule has 1 aliphatic rings. The lowest BCUT2D eigenvalue weighted by Crippen LogP contribution is -2.24. The van der Waals surface area contributed by atoms with Crippen LogP contribution in [0, 0.1) is 0 Å². The highest BCUT2D eigenvalue weighted by atomic mass is 16.5. The molecule has 4 heteroatoms. The number of aromatic carboxylic acids is 1. The van der Waals surface area contributed by atoms with Crippen LogP contribution < -0.4 is 4.74 Å². The fourth-order valence-corrected chi connectivity index (χ4v) is 4.41. The Kier molecular flexibility index (Phi) is 5.64. The zero-order valence-electron chi connectivity index (χ0n) is 17.9. The monoisotopic (exact) mass is 414 g/mol. The van der Waals surface area contributed by atoms with Crippen LogP contribution in [0.5, 0.6) is 5.75 Å². The Bertz CT molecular complexity index is 1130. The summed E-state index contributed by atoms with van der Waals surface area (Å²) in [5.41, 5.74) is 4.56. The van der Waals surface area contributed by atoms with Crippen LogP contribution in [-0.4, -0.2) is 17.0 Å². The molecule has 0 unspecified atom stereocenters. The first kappa shape index (κ1) is 20.9. The van der Waals surface area contributed by atoms with E-state index in [9.17, 15) is 14.7 Å². The molecule has 0 amide bonds. The average molecular weight is 415 g/mol. The smallest absolute Gasteiger partial charge is 0.343 e. The second-order valence-corrected chi connectivity index (χ2v) is 8.75. The Morgan fingerprint density at radius 3 is 2.52 bits per heavy atom. The Hall–Kier alpha value is -3.40. The molecule has 3 aromatic rings. The fraction of sp³-hybridized carbons (Fsp3) is 0.259. The normalized spacial score (nSPS) is 14.5. The quantitative estimate of drug-likeness (QED) is 0.423. The van der Waals surface area contributed by atoms with Gasteiger partial charge in [0.15, 0.2) is 0 Å². The number of esters is 1. The average Bonchev–Trinajstić information content (AvgIpc) is 2.75. The van der Waals surface area contributed by atoms with Crippen LogP contribution in [0.15, 0.2) is 66.7 Å². The molecule has 0 atom stereocenters. The lowest BCUT2D eigenvalue weighted by atomic mass is 9.72. The van der Waals surface area contributed by atoms with Gasteiger partial charge in [-0.15, -0.1) is 0 Å². The van der Waals surface area contributed by atoms with Crippen molar-refractivity contribution in [2.75, 3.05) is 0 Å². The van der Waals surface area contributed by atoms with Crippen LogP contribution in [0.2, 0.25) is 0 Å². The number of hydrogen-bond acceptors (Lipinski definition) is 3. The van der Waals surface area contributed by atoms with Crippen LogP contribution in [0.3, 0.4) is 0 Å². The van der Waals surface area contributed by atoms with Gasteiger partial charge in [-0.05, 0) is 65.6 Å². The Labute approximate surface area is 182 Å². The second kappa shape index (κ2) is 8.38. The predicted molar refractivity (Wildman–Crippen MR) is 120 cm³/mol. The van der Waals surface area contributed by atoms with Crippen molar-refractivity contribution in [1.82, 2.24) is 0 Å². The molecule has 0 aliphatic heterocycles. The van der Waals surface area contributed by atoms with Crippen molar-refractivity contribution in [3.8, 4) is 5.75 Å². The minimum Gasteiger partial charge on any atom is -0.478 e. The number of carbonyl (C=O) groups excluding carboxylic acids is 1. The summed E-state index contributed by atoms with van der Waals surface area (Å²) >= 11 is 0. The maximum Gasteiger partial charge on any atom is 0.343 e. The molecule has 0 bridgehead atoms. The van der Waals surface area contributed by atoms with Gasteiger partial charge in [0, 0.05) is 12.0 Å². The maximum absolute atomic E-state index is 13.0. The molecule has 3 aromatic carbocycles. The van der Waals surface area contributed by atoms with E-state index in [0.29, 0.717) is 17.5 Å². The number of carbonyl (C=O) groups is 2. The molecule has 0 fully saturated rings. The molecular weight excluding hydrogens is 388 g/mol. The van der Waals surface area contributed by atoms with Crippen molar-refractivity contribution in [2.24, 2.45) is 0 Å². The minimum atomic E-state index is -1.04. The zero-order valence-corrected chi connectivity index (χ0v) is 17.9. The van der Waals surface area contributed by atoms with Crippen molar-refractivity contribution in [3.05, 3.63) is 100 Å². The van der Waals surface area contributed by atoms with Gasteiger partial charge in [0.1, 0.15) is 5.75 Å². The van der Waals surface area contributed by atoms with Crippen molar-refractivity contribution in [3.63, 3.8) is 0 Å². The van der Waals surface area contributed by atoms with E-state index in [1.54, 1.807) is 24.3 Å². The molecule has 158 valence electrons. The highest BCUT2D eigenvalue weighted by molar-refractivity contribution is 5.93. The molecule has 4 nitrogen and oxygen atoms in total. The number of ether oxygens (including phenoxy) is 1. The Morgan fingerprint density at radius 2 is 1.77 bits per heavy atom. The summed E-state index contributed by atoms with van der Waals surface area (Å²) in [6.07, 6.45) is 3.62. The molecule has 4 rings (SSSR count). The third-order valence-corrected chi connectivity index (χ3v) is 6.11. The molecule has 1 aliphatic carbocycles. The van der Waals surface area contributed by atoms with Gasteiger partial charge >= 0.3 is 11.9 Å². The molecule has 0 saturated carbocycles. The first-order valence-corrected chi connectivity index (χ1v) is 10.6. The van der Waals surface area contributed by atoms with Crippen LogP contribution in [0.25, 0.3) is 0 Å².